The van der Waals surface area contributed by atoms with Crippen LogP contribution in [0.25, 0.3) is 0 Å². The van der Waals surface area contributed by atoms with Crippen LogP contribution in [0, 0.1) is 11.7 Å². The van der Waals surface area contributed by atoms with E-state index in [4.69, 9.17) is 5.73 Å². The summed E-state index contributed by atoms with van der Waals surface area (Å²) < 4.78 is 39.6. The summed E-state index contributed by atoms with van der Waals surface area (Å²) in [5, 5.41) is 0. The number of halogens is 1. The minimum absolute atomic E-state index is 0.0114. The van der Waals surface area contributed by atoms with E-state index in [1.54, 1.807) is 0 Å². The number of sulfonamides is 1. The van der Waals surface area contributed by atoms with E-state index in [1.807, 2.05) is 0 Å². The van der Waals surface area contributed by atoms with Crippen LogP contribution in [0.4, 0.5) is 10.1 Å². The van der Waals surface area contributed by atoms with Crippen LogP contribution in [0.3, 0.4) is 0 Å². The zero-order valence-electron chi connectivity index (χ0n) is 11.4. The molecule has 1 aromatic carbocycles. The van der Waals surface area contributed by atoms with Crippen LogP contribution in [0.5, 0.6) is 0 Å². The standard InChI is InChI=1S/C14H21FN2O2S/c15-13-8-7-12(10-14(13)16)20(18,19)17-9-3-6-11-4-1-2-5-11/h7-8,10-11,17H,1-6,9,16H2. The van der Waals surface area contributed by atoms with Gasteiger partial charge < -0.3 is 5.73 Å². The highest BCUT2D eigenvalue weighted by Crippen LogP contribution is 2.28. The number of nitrogens with two attached hydrogens (primary N) is 1. The summed E-state index contributed by atoms with van der Waals surface area (Å²) >= 11 is 0. The minimum Gasteiger partial charge on any atom is -0.396 e. The lowest BCUT2D eigenvalue weighted by Gasteiger charge is -2.10. The molecule has 1 fully saturated rings. The molecule has 0 atom stereocenters. The van der Waals surface area contributed by atoms with Crippen molar-refractivity contribution in [2.45, 2.75) is 43.4 Å². The van der Waals surface area contributed by atoms with Gasteiger partial charge in [0.2, 0.25) is 10.0 Å². The molecule has 6 heteroatoms. The molecule has 20 heavy (non-hydrogen) atoms. The molecule has 0 unspecified atom stereocenters. The van der Waals surface area contributed by atoms with Crippen molar-refractivity contribution in [2.75, 3.05) is 12.3 Å². The quantitative estimate of drug-likeness (QED) is 0.626. The molecule has 0 radical (unpaired) electrons. The SMILES string of the molecule is Nc1cc(S(=O)(=O)NCCCC2CCCC2)ccc1F. The first-order valence-electron chi connectivity index (χ1n) is 7.04. The lowest BCUT2D eigenvalue weighted by atomic mass is 10.0. The second-order valence-corrected chi connectivity index (χ2v) is 7.14. The van der Waals surface area contributed by atoms with E-state index in [0.717, 1.165) is 30.9 Å². The van der Waals surface area contributed by atoms with Crippen LogP contribution in [-0.2, 0) is 10.0 Å². The average Bonchev–Trinajstić information content (AvgIpc) is 2.91. The number of rotatable bonds is 6. The topological polar surface area (TPSA) is 72.2 Å². The monoisotopic (exact) mass is 300 g/mol. The summed E-state index contributed by atoms with van der Waals surface area (Å²) in [6.07, 6.45) is 7.02. The van der Waals surface area contributed by atoms with E-state index in [-0.39, 0.29) is 10.6 Å². The van der Waals surface area contributed by atoms with Crippen molar-refractivity contribution in [2.24, 2.45) is 5.92 Å². The van der Waals surface area contributed by atoms with Crippen molar-refractivity contribution >= 4 is 15.7 Å². The highest BCUT2D eigenvalue weighted by atomic mass is 32.2. The van der Waals surface area contributed by atoms with E-state index >= 15 is 0 Å². The predicted molar refractivity (Wildman–Crippen MR) is 77.2 cm³/mol. The van der Waals surface area contributed by atoms with Crippen LogP contribution >= 0.6 is 0 Å². The zero-order valence-corrected chi connectivity index (χ0v) is 12.3. The van der Waals surface area contributed by atoms with Crippen molar-refractivity contribution in [1.29, 1.82) is 0 Å². The number of hydrogen-bond acceptors (Lipinski definition) is 3. The molecule has 1 aliphatic carbocycles. The van der Waals surface area contributed by atoms with E-state index in [0.29, 0.717) is 6.54 Å². The summed E-state index contributed by atoms with van der Waals surface area (Å²) in [6.45, 7) is 0.413. The fraction of sp³-hybridized carbons (Fsp3) is 0.571. The molecule has 1 aromatic rings. The Balaban J connectivity index is 1.85. The van der Waals surface area contributed by atoms with Crippen LogP contribution in [0.15, 0.2) is 23.1 Å². The maximum absolute atomic E-state index is 13.0. The molecule has 2 rings (SSSR count). The first-order chi connectivity index (χ1) is 9.49. The fourth-order valence-corrected chi connectivity index (χ4v) is 3.78. The molecule has 0 bridgehead atoms. The molecular formula is C14H21FN2O2S. The molecular weight excluding hydrogens is 279 g/mol. The maximum Gasteiger partial charge on any atom is 0.240 e. The third kappa shape index (κ3) is 3.93. The van der Waals surface area contributed by atoms with Gasteiger partial charge in [-0.15, -0.1) is 0 Å². The first kappa shape index (κ1) is 15.3. The Morgan fingerprint density at radius 1 is 1.30 bits per heavy atom. The summed E-state index contributed by atoms with van der Waals surface area (Å²) in [7, 11) is -3.59. The molecule has 112 valence electrons. The molecule has 0 saturated heterocycles. The first-order valence-corrected chi connectivity index (χ1v) is 8.52. The third-order valence-electron chi connectivity index (χ3n) is 3.83. The number of nitrogen functional groups attached to an aromatic ring is 1. The molecule has 0 aliphatic heterocycles. The molecule has 1 saturated carbocycles. The Hall–Kier alpha value is -1.14. The Morgan fingerprint density at radius 3 is 2.65 bits per heavy atom. The summed E-state index contributed by atoms with van der Waals surface area (Å²) in [5.41, 5.74) is 5.23. The lowest BCUT2D eigenvalue weighted by Crippen LogP contribution is -2.25. The van der Waals surface area contributed by atoms with Gasteiger partial charge in [-0.2, -0.15) is 0 Å². The smallest absolute Gasteiger partial charge is 0.240 e. The molecule has 3 N–H and O–H groups in total. The van der Waals surface area contributed by atoms with Crippen molar-refractivity contribution < 1.29 is 12.8 Å². The highest BCUT2D eigenvalue weighted by Gasteiger charge is 2.17. The average molecular weight is 300 g/mol. The molecule has 1 aliphatic rings. The van der Waals surface area contributed by atoms with Gasteiger partial charge in [0.1, 0.15) is 5.82 Å². The van der Waals surface area contributed by atoms with E-state index in [2.05, 4.69) is 4.72 Å². The largest absolute Gasteiger partial charge is 0.396 e. The number of anilines is 1. The fourth-order valence-electron chi connectivity index (χ4n) is 2.67. The van der Waals surface area contributed by atoms with Crippen molar-refractivity contribution in [3.8, 4) is 0 Å². The maximum atomic E-state index is 13.0. The van der Waals surface area contributed by atoms with Gasteiger partial charge in [-0.1, -0.05) is 25.7 Å². The van der Waals surface area contributed by atoms with Crippen molar-refractivity contribution in [3.05, 3.63) is 24.0 Å². The molecule has 0 spiro atoms. The number of hydrogen-bond donors (Lipinski definition) is 2. The van der Waals surface area contributed by atoms with Gasteiger partial charge >= 0.3 is 0 Å². The second-order valence-electron chi connectivity index (χ2n) is 5.37. The Morgan fingerprint density at radius 2 is 2.00 bits per heavy atom. The zero-order chi connectivity index (χ0) is 14.6. The van der Waals surface area contributed by atoms with Gasteiger partial charge in [0.05, 0.1) is 10.6 Å². The van der Waals surface area contributed by atoms with Gasteiger partial charge in [-0.3, -0.25) is 0 Å². The van der Waals surface area contributed by atoms with E-state index in [9.17, 15) is 12.8 Å². The van der Waals surface area contributed by atoms with Gasteiger partial charge in [-0.05, 0) is 37.0 Å². The Kier molecular flexibility index (Phi) is 4.99. The van der Waals surface area contributed by atoms with Crippen LogP contribution in [-0.4, -0.2) is 15.0 Å². The molecule has 4 nitrogen and oxygen atoms in total. The number of nitrogens with one attached hydrogen (secondary N) is 1. The molecule has 0 amide bonds. The summed E-state index contributed by atoms with van der Waals surface area (Å²) in [4.78, 5) is 0.0114. The van der Waals surface area contributed by atoms with Crippen LogP contribution in [0.1, 0.15) is 38.5 Å². The summed E-state index contributed by atoms with van der Waals surface area (Å²) in [5.74, 6) is 0.145. The van der Waals surface area contributed by atoms with E-state index < -0.39 is 15.8 Å². The second kappa shape index (κ2) is 6.54. The summed E-state index contributed by atoms with van der Waals surface area (Å²) in [6, 6.07) is 3.45. The van der Waals surface area contributed by atoms with Gasteiger partial charge in [0, 0.05) is 6.54 Å². The number of benzene rings is 1. The van der Waals surface area contributed by atoms with Crippen molar-refractivity contribution in [1.82, 2.24) is 4.72 Å². The lowest BCUT2D eigenvalue weighted by molar-refractivity contribution is 0.480. The predicted octanol–water partition coefficient (Wildman–Crippen LogP) is 2.66. The Labute approximate surface area is 119 Å². The minimum atomic E-state index is -3.59. The normalized spacial score (nSPS) is 16.6. The van der Waals surface area contributed by atoms with Crippen LogP contribution in [0.2, 0.25) is 0 Å². The van der Waals surface area contributed by atoms with Crippen molar-refractivity contribution in [3.63, 3.8) is 0 Å². The van der Waals surface area contributed by atoms with Crippen LogP contribution < -0.4 is 10.5 Å². The van der Waals surface area contributed by atoms with E-state index in [1.165, 1.54) is 31.7 Å². The highest BCUT2D eigenvalue weighted by molar-refractivity contribution is 7.89. The molecule has 0 aromatic heterocycles. The Bertz CT molecular complexity index is 554. The third-order valence-corrected chi connectivity index (χ3v) is 5.29. The van der Waals surface area contributed by atoms with Gasteiger partial charge in [0.25, 0.3) is 0 Å². The van der Waals surface area contributed by atoms with Gasteiger partial charge in [0.15, 0.2) is 0 Å². The molecule has 0 heterocycles. The van der Waals surface area contributed by atoms with Gasteiger partial charge in [-0.25, -0.2) is 17.5 Å².